The van der Waals surface area contributed by atoms with E-state index in [9.17, 15) is 35.9 Å². The number of nitrogens with one attached hydrogen (secondary N) is 2. The minimum Gasteiger partial charge on any atom is -0.374 e. The highest BCUT2D eigenvalue weighted by Crippen LogP contribution is 2.49. The van der Waals surface area contributed by atoms with Crippen LogP contribution in [0.5, 0.6) is 0 Å². The van der Waals surface area contributed by atoms with Gasteiger partial charge in [0.2, 0.25) is 0 Å². The molecular formula is C21H15Cl2F6N3O3. The van der Waals surface area contributed by atoms with Crippen LogP contribution in [0.1, 0.15) is 33.5 Å². The Hall–Kier alpha value is -2.99. The number of aryl methyl sites for hydroxylation is 1. The number of hydrogen-bond donors (Lipinski definition) is 2. The number of carbonyl (C=O) groups is 2. The number of urea groups is 1. The smallest absolute Gasteiger partial charge is 0.374 e. The van der Waals surface area contributed by atoms with Crippen molar-refractivity contribution < 1.29 is 40.8 Å². The molecule has 6 nitrogen and oxygen atoms in total. The van der Waals surface area contributed by atoms with E-state index in [0.29, 0.717) is 0 Å². The normalized spacial score (nSPS) is 18.0. The summed E-state index contributed by atoms with van der Waals surface area (Å²) < 4.78 is 78.9. The van der Waals surface area contributed by atoms with Crippen molar-refractivity contribution in [3.05, 3.63) is 68.7 Å². The van der Waals surface area contributed by atoms with Crippen LogP contribution < -0.4 is 10.6 Å². The number of nitrogens with zero attached hydrogens (tertiary/aromatic N) is 1. The third-order valence-electron chi connectivity index (χ3n) is 5.00. The summed E-state index contributed by atoms with van der Waals surface area (Å²) in [5.41, 5.74) is -2.95. The maximum Gasteiger partial charge on any atom is 0.435 e. The molecule has 0 aromatic heterocycles. The minimum atomic E-state index is -4.90. The number of imide groups is 1. The van der Waals surface area contributed by atoms with Gasteiger partial charge in [0.1, 0.15) is 6.54 Å². The van der Waals surface area contributed by atoms with Crippen molar-refractivity contribution in [2.24, 2.45) is 5.16 Å². The zero-order valence-corrected chi connectivity index (χ0v) is 19.1. The molecule has 1 aliphatic rings. The highest BCUT2D eigenvalue weighted by Gasteiger charge is 2.62. The van der Waals surface area contributed by atoms with Gasteiger partial charge in [0.15, 0.2) is 0 Å². The molecule has 35 heavy (non-hydrogen) atoms. The lowest BCUT2D eigenvalue weighted by atomic mass is 9.86. The Morgan fingerprint density at radius 1 is 1.06 bits per heavy atom. The molecule has 0 saturated carbocycles. The molecule has 0 radical (unpaired) electrons. The lowest BCUT2D eigenvalue weighted by Crippen LogP contribution is -2.43. The van der Waals surface area contributed by atoms with Gasteiger partial charge in [0, 0.05) is 27.6 Å². The molecule has 1 unspecified atom stereocenters. The van der Waals surface area contributed by atoms with Gasteiger partial charge < -0.3 is 10.2 Å². The largest absolute Gasteiger partial charge is 0.435 e. The fraction of sp³-hybridized carbons (Fsp3) is 0.286. The number of oxime groups is 1. The standard InChI is InChI=1S/C21H15Cl2F6N3O3/c1-10-4-11(2-3-15(10)17(33)31-18(34)30-9-20(24,25)26)16-8-19(35-32-16,21(27,28)29)12-5-13(22)7-14(23)6-12/h2-7H,8-9H2,1H3,(H2,30,31,33,34). The maximum atomic E-state index is 14.1. The van der Waals surface area contributed by atoms with Crippen molar-refractivity contribution in [1.29, 1.82) is 0 Å². The number of amides is 3. The summed E-state index contributed by atoms with van der Waals surface area (Å²) in [6.45, 7) is -0.210. The second-order valence-electron chi connectivity index (χ2n) is 7.57. The van der Waals surface area contributed by atoms with E-state index >= 15 is 0 Å². The van der Waals surface area contributed by atoms with Crippen molar-refractivity contribution in [3.8, 4) is 0 Å². The highest BCUT2D eigenvalue weighted by atomic mass is 35.5. The topological polar surface area (TPSA) is 79.8 Å². The van der Waals surface area contributed by atoms with E-state index in [4.69, 9.17) is 28.0 Å². The summed E-state index contributed by atoms with van der Waals surface area (Å²) in [7, 11) is 0. The van der Waals surface area contributed by atoms with Gasteiger partial charge in [-0.2, -0.15) is 26.3 Å². The second-order valence-corrected chi connectivity index (χ2v) is 8.44. The Morgan fingerprint density at radius 2 is 1.69 bits per heavy atom. The molecule has 0 fully saturated rings. The van der Waals surface area contributed by atoms with Gasteiger partial charge in [-0.3, -0.25) is 10.1 Å². The van der Waals surface area contributed by atoms with Gasteiger partial charge in [0.25, 0.3) is 11.5 Å². The first-order valence-corrected chi connectivity index (χ1v) is 10.4. The molecule has 0 saturated heterocycles. The van der Waals surface area contributed by atoms with E-state index in [1.54, 1.807) is 5.32 Å². The molecule has 2 aromatic rings. The van der Waals surface area contributed by atoms with E-state index in [1.165, 1.54) is 36.5 Å². The quantitative estimate of drug-likeness (QED) is 0.474. The lowest BCUT2D eigenvalue weighted by molar-refractivity contribution is -0.275. The van der Waals surface area contributed by atoms with Crippen LogP contribution in [0.15, 0.2) is 41.6 Å². The lowest BCUT2D eigenvalue weighted by Gasteiger charge is -2.29. The summed E-state index contributed by atoms with van der Waals surface area (Å²) in [4.78, 5) is 28.7. The van der Waals surface area contributed by atoms with Crippen LogP contribution in [-0.2, 0) is 10.4 Å². The molecule has 3 amide bonds. The van der Waals surface area contributed by atoms with Crippen LogP contribution in [0, 0.1) is 6.92 Å². The van der Waals surface area contributed by atoms with Gasteiger partial charge in [-0.25, -0.2) is 4.79 Å². The van der Waals surface area contributed by atoms with Crippen LogP contribution in [0.2, 0.25) is 10.0 Å². The predicted octanol–water partition coefficient (Wildman–Crippen LogP) is 5.89. The zero-order chi connectivity index (χ0) is 26.2. The van der Waals surface area contributed by atoms with Gasteiger partial charge >= 0.3 is 18.4 Å². The molecule has 0 bridgehead atoms. The number of rotatable bonds is 4. The summed E-state index contributed by atoms with van der Waals surface area (Å²) >= 11 is 11.7. The molecule has 1 heterocycles. The molecule has 3 rings (SSSR count). The van der Waals surface area contributed by atoms with Crippen LogP contribution >= 0.6 is 23.2 Å². The van der Waals surface area contributed by atoms with Crippen LogP contribution in [-0.4, -0.2) is 36.5 Å². The summed E-state index contributed by atoms with van der Waals surface area (Å²) in [5.74, 6) is -1.00. The fourth-order valence-corrected chi connectivity index (χ4v) is 3.86. The van der Waals surface area contributed by atoms with Crippen molar-refractivity contribution in [1.82, 2.24) is 10.6 Å². The average Bonchev–Trinajstić information content (AvgIpc) is 3.18. The molecule has 2 N–H and O–H groups in total. The van der Waals surface area contributed by atoms with Crippen molar-refractivity contribution in [2.45, 2.75) is 31.3 Å². The molecule has 0 spiro atoms. The number of alkyl halides is 6. The molecule has 188 valence electrons. The molecule has 1 aliphatic heterocycles. The number of carbonyl (C=O) groups excluding carboxylic acids is 2. The SMILES string of the molecule is Cc1cc(C2=NOC(c3cc(Cl)cc(Cl)c3)(C(F)(F)F)C2)ccc1C(=O)NC(=O)NCC(F)(F)F. The third kappa shape index (κ3) is 5.99. The Labute approximate surface area is 204 Å². The first kappa shape index (κ1) is 26.6. The minimum absolute atomic E-state index is 0.0290. The fourth-order valence-electron chi connectivity index (χ4n) is 3.34. The highest BCUT2D eigenvalue weighted by molar-refractivity contribution is 6.34. The first-order valence-electron chi connectivity index (χ1n) is 9.66. The zero-order valence-electron chi connectivity index (χ0n) is 17.6. The van der Waals surface area contributed by atoms with E-state index in [0.717, 1.165) is 12.1 Å². The Balaban J connectivity index is 1.81. The monoisotopic (exact) mass is 541 g/mol. The first-order chi connectivity index (χ1) is 16.1. The van der Waals surface area contributed by atoms with Crippen LogP contribution in [0.25, 0.3) is 0 Å². The second kappa shape index (κ2) is 9.57. The average molecular weight is 542 g/mol. The van der Waals surface area contributed by atoms with E-state index in [1.807, 2.05) is 0 Å². The van der Waals surface area contributed by atoms with E-state index in [-0.39, 0.29) is 38.0 Å². The number of benzene rings is 2. The molecular weight excluding hydrogens is 527 g/mol. The van der Waals surface area contributed by atoms with Crippen LogP contribution in [0.3, 0.4) is 0 Å². The number of hydrogen-bond acceptors (Lipinski definition) is 4. The maximum absolute atomic E-state index is 14.1. The van der Waals surface area contributed by atoms with E-state index in [2.05, 4.69) is 5.16 Å². The Bertz CT molecular complexity index is 1180. The van der Waals surface area contributed by atoms with Crippen molar-refractivity contribution in [3.63, 3.8) is 0 Å². The summed E-state index contributed by atoms with van der Waals surface area (Å²) in [5, 5.41) is 6.79. The molecule has 2 aromatic carbocycles. The molecule has 1 atom stereocenters. The molecule has 14 heteroatoms. The van der Waals surface area contributed by atoms with Gasteiger partial charge in [0.05, 0.1) is 5.71 Å². The van der Waals surface area contributed by atoms with Crippen LogP contribution in [0.4, 0.5) is 31.1 Å². The van der Waals surface area contributed by atoms with Gasteiger partial charge in [-0.1, -0.05) is 34.4 Å². The van der Waals surface area contributed by atoms with Gasteiger partial charge in [-0.05, 0) is 48.4 Å². The third-order valence-corrected chi connectivity index (χ3v) is 5.43. The van der Waals surface area contributed by atoms with Crippen molar-refractivity contribution >= 4 is 40.9 Å². The van der Waals surface area contributed by atoms with E-state index < -0.39 is 42.9 Å². The summed E-state index contributed by atoms with van der Waals surface area (Å²) in [6, 6.07) is 5.86. The Kier molecular flexibility index (Phi) is 7.28. The predicted molar refractivity (Wildman–Crippen MR) is 115 cm³/mol. The Morgan fingerprint density at radius 3 is 2.23 bits per heavy atom. The summed E-state index contributed by atoms with van der Waals surface area (Å²) in [6.07, 6.45) is -10.3. The van der Waals surface area contributed by atoms with Gasteiger partial charge in [-0.15, -0.1) is 0 Å². The molecule has 0 aliphatic carbocycles. The number of halogens is 8. The van der Waals surface area contributed by atoms with Crippen molar-refractivity contribution in [2.75, 3.05) is 6.54 Å².